The number of nitrogens with one attached hydrogen (secondary N) is 1. The Bertz CT molecular complexity index is 722. The highest BCUT2D eigenvalue weighted by Crippen LogP contribution is 2.31. The largest absolute Gasteiger partial charge is 0.416 e. The summed E-state index contributed by atoms with van der Waals surface area (Å²) in [4.78, 5) is 26.6. The third kappa shape index (κ3) is 5.08. The van der Waals surface area contributed by atoms with Crippen LogP contribution in [0.2, 0.25) is 0 Å². The first-order valence-corrected chi connectivity index (χ1v) is 9.61. The molecule has 2 saturated heterocycles. The van der Waals surface area contributed by atoms with Crippen LogP contribution in [0.15, 0.2) is 24.3 Å². The molecule has 29 heavy (non-hydrogen) atoms. The Morgan fingerprint density at radius 3 is 2.31 bits per heavy atom. The van der Waals surface area contributed by atoms with Gasteiger partial charge in [0.25, 0.3) is 0 Å². The fraction of sp³-hybridized carbons (Fsp3) is 0.600. The summed E-state index contributed by atoms with van der Waals surface area (Å²) in [7, 11) is 0. The molecule has 0 aliphatic carbocycles. The maximum absolute atomic E-state index is 13.2. The van der Waals surface area contributed by atoms with E-state index in [4.69, 9.17) is 9.47 Å². The number of amides is 2. The molecule has 1 aromatic carbocycles. The molecule has 4 atom stereocenters. The van der Waals surface area contributed by atoms with Gasteiger partial charge in [0.15, 0.2) is 0 Å². The number of carbonyl (C=O) groups excluding carboxylic acids is 2. The summed E-state index contributed by atoms with van der Waals surface area (Å²) in [5, 5.41) is 2.67. The molecule has 0 radical (unpaired) electrons. The van der Waals surface area contributed by atoms with Crippen LogP contribution in [0.3, 0.4) is 0 Å². The maximum atomic E-state index is 13.2. The van der Waals surface area contributed by atoms with Gasteiger partial charge in [-0.1, -0.05) is 12.1 Å². The molecule has 4 unspecified atom stereocenters. The second-order valence-electron chi connectivity index (χ2n) is 7.56. The van der Waals surface area contributed by atoms with Crippen LogP contribution in [-0.2, 0) is 31.8 Å². The van der Waals surface area contributed by atoms with Crippen LogP contribution in [0.25, 0.3) is 0 Å². The van der Waals surface area contributed by atoms with E-state index in [0.29, 0.717) is 18.8 Å². The quantitative estimate of drug-likeness (QED) is 0.777. The van der Waals surface area contributed by atoms with Gasteiger partial charge in [0.1, 0.15) is 6.04 Å². The van der Waals surface area contributed by atoms with E-state index in [1.54, 1.807) is 11.8 Å². The fourth-order valence-corrected chi connectivity index (χ4v) is 3.86. The fourth-order valence-electron chi connectivity index (χ4n) is 3.86. The molecule has 160 valence electrons. The minimum atomic E-state index is -4.40. The summed E-state index contributed by atoms with van der Waals surface area (Å²) < 4.78 is 49.3. The second kappa shape index (κ2) is 8.71. The molecule has 1 N–H and O–H groups in total. The molecule has 3 rings (SSSR count). The Morgan fingerprint density at radius 1 is 1.21 bits per heavy atom. The smallest absolute Gasteiger partial charge is 0.377 e. The highest BCUT2D eigenvalue weighted by molar-refractivity contribution is 5.88. The Morgan fingerprint density at radius 2 is 1.79 bits per heavy atom. The van der Waals surface area contributed by atoms with Crippen molar-refractivity contribution in [1.29, 1.82) is 0 Å². The number of hydrogen-bond acceptors (Lipinski definition) is 4. The number of hydrogen-bond donors (Lipinski definition) is 1. The summed E-state index contributed by atoms with van der Waals surface area (Å²) in [5.41, 5.74) is -0.186. The van der Waals surface area contributed by atoms with E-state index >= 15 is 0 Å². The van der Waals surface area contributed by atoms with Crippen molar-refractivity contribution < 1.29 is 32.2 Å². The molecule has 2 heterocycles. The molecule has 0 aromatic heterocycles. The summed E-state index contributed by atoms with van der Waals surface area (Å²) in [6.45, 7) is 3.99. The SMILES string of the molecule is CC(=O)NC(C(=O)N1C2CCC1COC2)C(C)OCc1ccc(C(F)(F)F)cc1. The molecule has 2 fully saturated rings. The molecule has 6 nitrogen and oxygen atoms in total. The summed E-state index contributed by atoms with van der Waals surface area (Å²) in [6, 6.07) is 3.79. The Labute approximate surface area is 167 Å². The lowest BCUT2D eigenvalue weighted by Gasteiger charge is -2.38. The van der Waals surface area contributed by atoms with Crippen molar-refractivity contribution >= 4 is 11.8 Å². The monoisotopic (exact) mass is 414 g/mol. The zero-order valence-electron chi connectivity index (χ0n) is 16.4. The molecule has 0 saturated carbocycles. The number of carbonyl (C=O) groups is 2. The van der Waals surface area contributed by atoms with Crippen molar-refractivity contribution in [1.82, 2.24) is 10.2 Å². The lowest BCUT2D eigenvalue weighted by molar-refractivity contribution is -0.149. The van der Waals surface area contributed by atoms with Gasteiger partial charge >= 0.3 is 6.18 Å². The first-order chi connectivity index (χ1) is 13.7. The molecule has 1 aromatic rings. The number of ether oxygens (including phenoxy) is 2. The lowest BCUT2D eigenvalue weighted by atomic mass is 10.1. The van der Waals surface area contributed by atoms with Crippen molar-refractivity contribution in [3.05, 3.63) is 35.4 Å². The minimum absolute atomic E-state index is 0.000351. The molecule has 0 spiro atoms. The van der Waals surface area contributed by atoms with Crippen LogP contribution in [0.4, 0.5) is 13.2 Å². The van der Waals surface area contributed by atoms with E-state index in [2.05, 4.69) is 5.32 Å². The number of benzene rings is 1. The summed E-state index contributed by atoms with van der Waals surface area (Å²) in [5.74, 6) is -0.565. The lowest BCUT2D eigenvalue weighted by Crippen LogP contribution is -2.59. The highest BCUT2D eigenvalue weighted by Gasteiger charge is 2.44. The van der Waals surface area contributed by atoms with Gasteiger partial charge in [-0.2, -0.15) is 13.2 Å². The summed E-state index contributed by atoms with van der Waals surface area (Å²) >= 11 is 0. The molecule has 2 amide bonds. The molecule has 2 aliphatic rings. The third-order valence-electron chi connectivity index (χ3n) is 5.38. The third-order valence-corrected chi connectivity index (χ3v) is 5.38. The van der Waals surface area contributed by atoms with E-state index in [0.717, 1.165) is 25.0 Å². The van der Waals surface area contributed by atoms with Crippen LogP contribution < -0.4 is 5.32 Å². The molecular formula is C20H25F3N2O4. The zero-order chi connectivity index (χ0) is 21.2. The van der Waals surface area contributed by atoms with Gasteiger partial charge < -0.3 is 19.7 Å². The topological polar surface area (TPSA) is 67.9 Å². The standard InChI is InChI=1S/C20H25F3N2O4/c1-12(29-9-14-3-5-15(6-4-14)20(21,22)23)18(24-13(2)26)19(27)25-16-7-8-17(25)11-28-10-16/h3-6,12,16-18H,7-11H2,1-2H3,(H,24,26). The van der Waals surface area contributed by atoms with Gasteiger partial charge in [-0.05, 0) is 37.5 Å². The van der Waals surface area contributed by atoms with E-state index in [1.807, 2.05) is 0 Å². The van der Waals surface area contributed by atoms with E-state index < -0.39 is 23.9 Å². The van der Waals surface area contributed by atoms with Crippen LogP contribution >= 0.6 is 0 Å². The van der Waals surface area contributed by atoms with Gasteiger partial charge in [0.2, 0.25) is 11.8 Å². The average Bonchev–Trinajstić information content (AvgIpc) is 2.91. The van der Waals surface area contributed by atoms with Crippen molar-refractivity contribution in [2.45, 2.75) is 63.7 Å². The van der Waals surface area contributed by atoms with Crippen LogP contribution in [0.1, 0.15) is 37.8 Å². The molecule has 2 aliphatic heterocycles. The first kappa shape index (κ1) is 21.6. The van der Waals surface area contributed by atoms with E-state index in [9.17, 15) is 22.8 Å². The van der Waals surface area contributed by atoms with Crippen molar-refractivity contribution in [2.24, 2.45) is 0 Å². The maximum Gasteiger partial charge on any atom is 0.416 e. The van der Waals surface area contributed by atoms with Gasteiger partial charge in [-0.25, -0.2) is 0 Å². The van der Waals surface area contributed by atoms with Crippen LogP contribution in [-0.4, -0.2) is 54.2 Å². The molecular weight excluding hydrogens is 389 g/mol. The van der Waals surface area contributed by atoms with Crippen molar-refractivity contribution in [3.63, 3.8) is 0 Å². The Hall–Kier alpha value is -2.13. The molecule has 9 heteroatoms. The zero-order valence-corrected chi connectivity index (χ0v) is 16.4. The Kier molecular flexibility index (Phi) is 6.48. The van der Waals surface area contributed by atoms with Crippen LogP contribution in [0, 0.1) is 0 Å². The van der Waals surface area contributed by atoms with Crippen molar-refractivity contribution in [2.75, 3.05) is 13.2 Å². The summed E-state index contributed by atoms with van der Waals surface area (Å²) in [6.07, 6.45) is -3.32. The number of nitrogens with zero attached hydrogens (tertiary/aromatic N) is 1. The number of morpholine rings is 1. The van der Waals surface area contributed by atoms with Crippen LogP contribution in [0.5, 0.6) is 0 Å². The minimum Gasteiger partial charge on any atom is -0.377 e. The van der Waals surface area contributed by atoms with Gasteiger partial charge in [-0.3, -0.25) is 9.59 Å². The molecule has 2 bridgehead atoms. The van der Waals surface area contributed by atoms with Gasteiger partial charge in [-0.15, -0.1) is 0 Å². The number of fused-ring (bicyclic) bond motifs is 2. The van der Waals surface area contributed by atoms with Crippen molar-refractivity contribution in [3.8, 4) is 0 Å². The number of alkyl halides is 3. The first-order valence-electron chi connectivity index (χ1n) is 9.61. The normalized spacial score (nSPS) is 23.6. The Balaban J connectivity index is 1.65. The number of rotatable bonds is 6. The van der Waals surface area contributed by atoms with E-state index in [1.165, 1.54) is 19.1 Å². The van der Waals surface area contributed by atoms with Gasteiger partial charge in [0, 0.05) is 6.92 Å². The highest BCUT2D eigenvalue weighted by atomic mass is 19.4. The number of halogens is 3. The predicted octanol–water partition coefficient (Wildman–Crippen LogP) is 2.51. The predicted molar refractivity (Wildman–Crippen MR) is 97.8 cm³/mol. The van der Waals surface area contributed by atoms with Gasteiger partial charge in [0.05, 0.1) is 43.6 Å². The van der Waals surface area contributed by atoms with E-state index in [-0.39, 0.29) is 30.5 Å². The average molecular weight is 414 g/mol. The second-order valence-corrected chi connectivity index (χ2v) is 7.56.